The molecule has 0 aromatic heterocycles. The Morgan fingerprint density at radius 1 is 0.833 bits per heavy atom. The summed E-state index contributed by atoms with van der Waals surface area (Å²) in [5, 5.41) is 12.0. The Morgan fingerprint density at radius 3 is 2.00 bits per heavy atom. The van der Waals surface area contributed by atoms with Gasteiger partial charge in [-0.2, -0.15) is 5.26 Å². The number of nitriles is 1. The molecule has 3 N–H and O–H groups in total. The summed E-state index contributed by atoms with van der Waals surface area (Å²) < 4.78 is 28.9. The van der Waals surface area contributed by atoms with Gasteiger partial charge in [0.1, 0.15) is 0 Å². The van der Waals surface area contributed by atoms with E-state index in [-0.39, 0.29) is 13.0 Å². The van der Waals surface area contributed by atoms with E-state index in [1.165, 1.54) is 57.8 Å². The number of nitrogens with zero attached hydrogens (tertiary/aromatic N) is 1. The van der Waals surface area contributed by atoms with Gasteiger partial charge in [-0.3, -0.25) is 13.6 Å². The summed E-state index contributed by atoms with van der Waals surface area (Å²) in [4.78, 5) is 0. The van der Waals surface area contributed by atoms with Crippen LogP contribution in [0.5, 0.6) is 0 Å². The lowest BCUT2D eigenvalue weighted by atomic mass is 9.71. The van der Waals surface area contributed by atoms with E-state index in [0.29, 0.717) is 18.6 Å². The SMILES string of the molecule is [B]CCCCC(CCCN)(CCCCCCCOP(=O)(OCCC#N)OCCCC)CCCCNC. The van der Waals surface area contributed by atoms with Crippen molar-refractivity contribution < 1.29 is 18.1 Å². The van der Waals surface area contributed by atoms with Crippen LogP contribution in [-0.2, 0) is 18.1 Å². The lowest BCUT2D eigenvalue weighted by molar-refractivity contribution is 0.112. The minimum absolute atomic E-state index is 0.0616. The highest BCUT2D eigenvalue weighted by molar-refractivity contribution is 7.48. The molecule has 0 aliphatic carbocycles. The van der Waals surface area contributed by atoms with Gasteiger partial charge in [-0.15, -0.1) is 0 Å². The summed E-state index contributed by atoms with van der Waals surface area (Å²) in [6.45, 7) is 4.64. The molecule has 36 heavy (non-hydrogen) atoms. The standard InChI is InChI=1S/C27H55BN3O4P/c1-3-4-24-33-36(32,35-26-15-22-30)34-25-13-7-5-6-8-16-27(19-14-21-29,17-9-11-20-28)18-10-12-23-31-2/h31H,3-21,23-26,29H2,1-2H3. The highest BCUT2D eigenvalue weighted by atomic mass is 31.2. The minimum Gasteiger partial charge on any atom is -0.330 e. The van der Waals surface area contributed by atoms with Crippen molar-refractivity contribution in [3.05, 3.63) is 0 Å². The largest absolute Gasteiger partial charge is 0.474 e. The van der Waals surface area contributed by atoms with Crippen LogP contribution in [0.15, 0.2) is 0 Å². The van der Waals surface area contributed by atoms with Gasteiger partial charge in [0.25, 0.3) is 0 Å². The summed E-state index contributed by atoms with van der Waals surface area (Å²) in [5.74, 6) is 0. The molecule has 0 aliphatic rings. The molecule has 0 saturated heterocycles. The average molecular weight is 528 g/mol. The molecule has 0 amide bonds. The quantitative estimate of drug-likeness (QED) is 0.0637. The van der Waals surface area contributed by atoms with Crippen LogP contribution in [-0.4, -0.2) is 47.8 Å². The number of hydrogen-bond acceptors (Lipinski definition) is 7. The van der Waals surface area contributed by atoms with Gasteiger partial charge in [-0.25, -0.2) is 4.57 Å². The van der Waals surface area contributed by atoms with Crippen LogP contribution in [0.2, 0.25) is 6.32 Å². The van der Waals surface area contributed by atoms with Crippen molar-refractivity contribution in [3.63, 3.8) is 0 Å². The van der Waals surface area contributed by atoms with Crippen molar-refractivity contribution in [3.8, 4) is 6.07 Å². The first-order valence-corrected chi connectivity index (χ1v) is 15.9. The van der Waals surface area contributed by atoms with Gasteiger partial charge < -0.3 is 11.1 Å². The summed E-state index contributed by atoms with van der Waals surface area (Å²) in [6, 6.07) is 1.98. The number of nitrogens with one attached hydrogen (secondary N) is 1. The molecular weight excluding hydrogens is 472 g/mol. The molecule has 9 heteroatoms. The monoisotopic (exact) mass is 527 g/mol. The van der Waals surface area contributed by atoms with Crippen molar-refractivity contribution in [2.75, 3.05) is 40.0 Å². The second-order valence-corrected chi connectivity index (χ2v) is 11.6. The van der Waals surface area contributed by atoms with Crippen LogP contribution >= 0.6 is 7.82 Å². The Hall–Kier alpha value is -0.415. The highest BCUT2D eigenvalue weighted by Gasteiger charge is 2.28. The molecule has 0 aromatic carbocycles. The number of phosphoric ester groups is 1. The molecule has 2 atom stereocenters. The molecule has 0 rings (SSSR count). The first-order valence-electron chi connectivity index (χ1n) is 14.5. The summed E-state index contributed by atoms with van der Waals surface area (Å²) >= 11 is 0. The third-order valence-corrected chi connectivity index (χ3v) is 8.26. The average Bonchev–Trinajstić information content (AvgIpc) is 2.87. The van der Waals surface area contributed by atoms with Crippen molar-refractivity contribution >= 4 is 15.7 Å². The van der Waals surface area contributed by atoms with Gasteiger partial charge in [0.2, 0.25) is 0 Å². The Labute approximate surface area is 224 Å². The smallest absolute Gasteiger partial charge is 0.330 e. The summed E-state index contributed by atoms with van der Waals surface area (Å²) in [5.41, 5.74) is 6.29. The van der Waals surface area contributed by atoms with Gasteiger partial charge in [0, 0.05) is 0 Å². The molecule has 0 bridgehead atoms. The van der Waals surface area contributed by atoms with E-state index >= 15 is 0 Å². The van der Waals surface area contributed by atoms with Gasteiger partial charge in [0.15, 0.2) is 0 Å². The molecule has 210 valence electrons. The van der Waals surface area contributed by atoms with Crippen molar-refractivity contribution in [1.29, 1.82) is 5.26 Å². The third-order valence-electron chi connectivity index (χ3n) is 6.77. The predicted octanol–water partition coefficient (Wildman–Crippen LogP) is 7.07. The molecule has 0 aromatic rings. The topological polar surface area (TPSA) is 107 Å². The number of unbranched alkanes of at least 4 members (excludes halogenated alkanes) is 7. The second kappa shape index (κ2) is 24.9. The third kappa shape index (κ3) is 19.7. The lowest BCUT2D eigenvalue weighted by Gasteiger charge is -2.35. The number of nitrogens with two attached hydrogens (primary N) is 1. The van der Waals surface area contributed by atoms with Crippen molar-refractivity contribution in [1.82, 2.24) is 5.32 Å². The lowest BCUT2D eigenvalue weighted by Crippen LogP contribution is -2.23. The van der Waals surface area contributed by atoms with Crippen molar-refractivity contribution in [2.24, 2.45) is 11.1 Å². The fraction of sp³-hybridized carbons (Fsp3) is 0.963. The van der Waals surface area contributed by atoms with E-state index in [9.17, 15) is 4.57 Å². The van der Waals surface area contributed by atoms with E-state index < -0.39 is 7.82 Å². The first-order chi connectivity index (χ1) is 17.5. The Bertz CT molecular complexity index is 580. The maximum Gasteiger partial charge on any atom is 0.474 e. The van der Waals surface area contributed by atoms with Crippen molar-refractivity contribution in [2.45, 2.75) is 122 Å². The maximum atomic E-state index is 12.7. The number of phosphoric acid groups is 1. The highest BCUT2D eigenvalue weighted by Crippen LogP contribution is 2.49. The van der Waals surface area contributed by atoms with Gasteiger partial charge >= 0.3 is 7.82 Å². The van der Waals surface area contributed by atoms with Gasteiger partial charge in [0.05, 0.1) is 40.2 Å². The fourth-order valence-electron chi connectivity index (χ4n) is 4.62. The summed E-state index contributed by atoms with van der Waals surface area (Å²) in [7, 11) is 4.22. The van der Waals surface area contributed by atoms with Crippen LogP contribution in [0.1, 0.15) is 116 Å². The zero-order valence-electron chi connectivity index (χ0n) is 23.4. The molecule has 0 spiro atoms. The molecule has 2 unspecified atom stereocenters. The number of hydrogen-bond donors (Lipinski definition) is 2. The van der Waals surface area contributed by atoms with E-state index in [4.69, 9.17) is 32.4 Å². The molecule has 0 heterocycles. The fourth-order valence-corrected chi connectivity index (χ4v) is 5.86. The molecule has 2 radical (unpaired) electrons. The number of rotatable bonds is 28. The van der Waals surface area contributed by atoms with E-state index in [1.807, 2.05) is 20.0 Å². The molecule has 0 saturated carbocycles. The van der Waals surface area contributed by atoms with E-state index in [0.717, 1.165) is 64.4 Å². The van der Waals surface area contributed by atoms with Crippen LogP contribution < -0.4 is 11.1 Å². The Balaban J connectivity index is 4.48. The Morgan fingerprint density at radius 2 is 1.39 bits per heavy atom. The van der Waals surface area contributed by atoms with Gasteiger partial charge in [-0.05, 0) is 76.9 Å². The predicted molar refractivity (Wildman–Crippen MR) is 151 cm³/mol. The van der Waals surface area contributed by atoms with Gasteiger partial charge in [-0.1, -0.05) is 64.6 Å². The summed E-state index contributed by atoms with van der Waals surface area (Å²) in [6.07, 6.45) is 19.0. The van der Waals surface area contributed by atoms with Crippen LogP contribution in [0.4, 0.5) is 0 Å². The molecule has 0 fully saturated rings. The zero-order chi connectivity index (χ0) is 26.8. The normalized spacial score (nSPS) is 14.8. The maximum absolute atomic E-state index is 12.7. The van der Waals surface area contributed by atoms with E-state index in [2.05, 4.69) is 5.32 Å². The zero-order valence-corrected chi connectivity index (χ0v) is 24.3. The van der Waals surface area contributed by atoms with Crippen LogP contribution in [0.3, 0.4) is 0 Å². The minimum atomic E-state index is -3.58. The molecular formula is C27H55BN3O4P. The molecule has 0 aliphatic heterocycles. The Kier molecular flexibility index (Phi) is 24.6. The van der Waals surface area contributed by atoms with Crippen LogP contribution in [0, 0.1) is 16.7 Å². The second-order valence-electron chi connectivity index (χ2n) is 9.92. The van der Waals surface area contributed by atoms with E-state index in [1.54, 1.807) is 0 Å². The van der Waals surface area contributed by atoms with Crippen LogP contribution in [0.25, 0.3) is 0 Å². The first kappa shape index (κ1) is 35.6. The molecule has 7 nitrogen and oxygen atoms in total.